The van der Waals surface area contributed by atoms with E-state index in [1.54, 1.807) is 0 Å². The minimum absolute atomic E-state index is 0.00261. The van der Waals surface area contributed by atoms with Crippen LogP contribution in [-0.2, 0) is 29.3 Å². The number of aryl methyl sites for hydroxylation is 1. The molecule has 0 bridgehead atoms. The average Bonchev–Trinajstić information content (AvgIpc) is 3.13. The third-order valence-electron chi connectivity index (χ3n) is 4.12. The van der Waals surface area contributed by atoms with E-state index in [2.05, 4.69) is 15.0 Å². The fourth-order valence-electron chi connectivity index (χ4n) is 2.87. The molecule has 1 atom stereocenters. The zero-order valence-corrected chi connectivity index (χ0v) is 14.0. The Kier molecular flexibility index (Phi) is 4.77. The summed E-state index contributed by atoms with van der Waals surface area (Å²) in [5.41, 5.74) is 1.15. The van der Waals surface area contributed by atoms with Crippen molar-refractivity contribution in [2.24, 2.45) is 0 Å². The van der Waals surface area contributed by atoms with Crippen molar-refractivity contribution >= 4 is 9.84 Å². The van der Waals surface area contributed by atoms with Gasteiger partial charge >= 0.3 is 0 Å². The second-order valence-corrected chi connectivity index (χ2v) is 8.13. The highest BCUT2D eigenvalue weighted by Gasteiger charge is 2.33. The Balaban J connectivity index is 1.78. The van der Waals surface area contributed by atoms with Gasteiger partial charge in [0.05, 0.1) is 18.1 Å². The van der Waals surface area contributed by atoms with Gasteiger partial charge in [0.1, 0.15) is 0 Å². The molecule has 124 valence electrons. The van der Waals surface area contributed by atoms with E-state index in [1.165, 1.54) is 0 Å². The van der Waals surface area contributed by atoms with Gasteiger partial charge in [-0.25, -0.2) is 8.42 Å². The van der Waals surface area contributed by atoms with Crippen LogP contribution in [0.2, 0.25) is 0 Å². The largest absolute Gasteiger partial charge is 0.338 e. The summed E-state index contributed by atoms with van der Waals surface area (Å²) >= 11 is 0. The molecule has 3 rings (SSSR count). The van der Waals surface area contributed by atoms with E-state index in [0.717, 1.165) is 12.0 Å². The van der Waals surface area contributed by atoms with Crippen LogP contribution in [0, 0.1) is 0 Å². The van der Waals surface area contributed by atoms with Crippen molar-refractivity contribution in [3.05, 3.63) is 47.6 Å². The molecule has 1 aliphatic rings. The fourth-order valence-corrected chi connectivity index (χ4v) is 4.63. The first-order valence-electron chi connectivity index (χ1n) is 7.85. The predicted octanol–water partition coefficient (Wildman–Crippen LogP) is 1.82. The molecule has 1 aromatic carbocycles. The molecule has 23 heavy (non-hydrogen) atoms. The molecule has 0 amide bonds. The molecule has 1 unspecified atom stereocenters. The van der Waals surface area contributed by atoms with Crippen LogP contribution in [0.3, 0.4) is 0 Å². The van der Waals surface area contributed by atoms with Crippen molar-refractivity contribution in [1.29, 1.82) is 0 Å². The van der Waals surface area contributed by atoms with Gasteiger partial charge < -0.3 is 4.52 Å². The predicted molar refractivity (Wildman–Crippen MR) is 86.4 cm³/mol. The van der Waals surface area contributed by atoms with Gasteiger partial charge in [-0.1, -0.05) is 42.4 Å². The van der Waals surface area contributed by atoms with Crippen LogP contribution in [0.15, 0.2) is 34.9 Å². The van der Waals surface area contributed by atoms with E-state index >= 15 is 0 Å². The van der Waals surface area contributed by atoms with E-state index in [0.29, 0.717) is 31.2 Å². The molecule has 0 spiro atoms. The second kappa shape index (κ2) is 6.80. The summed E-state index contributed by atoms with van der Waals surface area (Å²) in [5, 5.41) is 3.92. The highest BCUT2D eigenvalue weighted by Crippen LogP contribution is 2.22. The van der Waals surface area contributed by atoms with E-state index in [1.807, 2.05) is 37.3 Å². The van der Waals surface area contributed by atoms with Gasteiger partial charge in [-0.2, -0.15) is 4.98 Å². The Morgan fingerprint density at radius 1 is 1.26 bits per heavy atom. The molecule has 7 heteroatoms. The monoisotopic (exact) mass is 335 g/mol. The first kappa shape index (κ1) is 16.1. The van der Waals surface area contributed by atoms with Crippen LogP contribution in [0.1, 0.15) is 30.6 Å². The highest BCUT2D eigenvalue weighted by molar-refractivity contribution is 7.91. The van der Waals surface area contributed by atoms with Crippen LogP contribution >= 0.6 is 0 Å². The van der Waals surface area contributed by atoms with Crippen LogP contribution in [0.5, 0.6) is 0 Å². The molecular weight excluding hydrogens is 314 g/mol. The first-order valence-corrected chi connectivity index (χ1v) is 9.68. The fraction of sp³-hybridized carbons (Fsp3) is 0.500. The number of aromatic nitrogens is 2. The molecular formula is C16H21N3O3S. The normalized spacial score (nSPS) is 20.2. The van der Waals surface area contributed by atoms with Gasteiger partial charge in [0.2, 0.25) is 5.89 Å². The summed E-state index contributed by atoms with van der Waals surface area (Å²) in [5.74, 6) is 1.68. The van der Waals surface area contributed by atoms with Gasteiger partial charge in [0.25, 0.3) is 0 Å². The van der Waals surface area contributed by atoms with Gasteiger partial charge in [-0.05, 0) is 12.0 Å². The molecule has 2 aromatic rings. The topological polar surface area (TPSA) is 76.3 Å². The minimum Gasteiger partial charge on any atom is -0.338 e. The van der Waals surface area contributed by atoms with Crippen molar-refractivity contribution < 1.29 is 12.9 Å². The Hall–Kier alpha value is -1.73. The zero-order chi connectivity index (χ0) is 16.3. The molecule has 0 aliphatic carbocycles. The maximum Gasteiger partial charge on any atom is 0.240 e. The maximum absolute atomic E-state index is 11.8. The smallest absolute Gasteiger partial charge is 0.240 e. The molecule has 1 aromatic heterocycles. The Morgan fingerprint density at radius 2 is 2.04 bits per heavy atom. The summed E-state index contributed by atoms with van der Waals surface area (Å²) < 4.78 is 28.9. The number of hydrogen-bond acceptors (Lipinski definition) is 6. The molecule has 0 N–H and O–H groups in total. The molecule has 0 saturated carbocycles. The quantitative estimate of drug-likeness (QED) is 0.801. The van der Waals surface area contributed by atoms with Crippen molar-refractivity contribution in [2.75, 3.05) is 11.5 Å². The number of benzene rings is 1. The van der Waals surface area contributed by atoms with E-state index in [4.69, 9.17) is 4.52 Å². The van der Waals surface area contributed by atoms with Crippen molar-refractivity contribution in [3.8, 4) is 0 Å². The van der Waals surface area contributed by atoms with Crippen molar-refractivity contribution in [2.45, 2.75) is 38.9 Å². The summed E-state index contributed by atoms with van der Waals surface area (Å²) in [6, 6.07) is 10.0. The molecule has 6 nitrogen and oxygen atoms in total. The molecule has 2 heterocycles. The van der Waals surface area contributed by atoms with E-state index in [-0.39, 0.29) is 17.5 Å². The lowest BCUT2D eigenvalue weighted by Crippen LogP contribution is -2.35. The molecule has 1 saturated heterocycles. The Morgan fingerprint density at radius 3 is 2.65 bits per heavy atom. The summed E-state index contributed by atoms with van der Waals surface area (Å²) in [6.07, 6.45) is 1.38. The third kappa shape index (κ3) is 4.17. The SMILES string of the molecule is CCc1noc(CN(Cc2ccccc2)C2CCS(=O)(=O)C2)n1. The summed E-state index contributed by atoms with van der Waals surface area (Å²) in [4.78, 5) is 6.48. The lowest BCUT2D eigenvalue weighted by Gasteiger charge is -2.26. The molecule has 1 fully saturated rings. The number of nitrogens with zero attached hydrogens (tertiary/aromatic N) is 3. The van der Waals surface area contributed by atoms with Crippen molar-refractivity contribution in [1.82, 2.24) is 15.0 Å². The standard InChI is InChI=1S/C16H21N3O3S/c1-2-15-17-16(22-18-15)11-19(10-13-6-4-3-5-7-13)14-8-9-23(20,21)12-14/h3-7,14H,2,8-12H2,1H3. The average molecular weight is 335 g/mol. The lowest BCUT2D eigenvalue weighted by atomic mass is 10.1. The lowest BCUT2D eigenvalue weighted by molar-refractivity contribution is 0.169. The Labute approximate surface area is 136 Å². The number of rotatable bonds is 6. The zero-order valence-electron chi connectivity index (χ0n) is 13.2. The number of sulfone groups is 1. The van der Waals surface area contributed by atoms with Gasteiger partial charge in [-0.3, -0.25) is 4.90 Å². The van der Waals surface area contributed by atoms with Gasteiger partial charge in [-0.15, -0.1) is 0 Å². The highest BCUT2D eigenvalue weighted by atomic mass is 32.2. The minimum atomic E-state index is -2.93. The van der Waals surface area contributed by atoms with E-state index in [9.17, 15) is 8.42 Å². The summed E-state index contributed by atoms with van der Waals surface area (Å²) in [7, 11) is -2.93. The van der Waals surface area contributed by atoms with Crippen LogP contribution in [0.25, 0.3) is 0 Å². The number of hydrogen-bond donors (Lipinski definition) is 0. The van der Waals surface area contributed by atoms with Gasteiger partial charge in [0.15, 0.2) is 15.7 Å². The second-order valence-electron chi connectivity index (χ2n) is 5.91. The van der Waals surface area contributed by atoms with Gasteiger partial charge in [0, 0.05) is 19.0 Å². The first-order chi connectivity index (χ1) is 11.1. The van der Waals surface area contributed by atoms with Crippen molar-refractivity contribution in [3.63, 3.8) is 0 Å². The third-order valence-corrected chi connectivity index (χ3v) is 5.87. The van der Waals surface area contributed by atoms with Crippen LogP contribution in [0.4, 0.5) is 0 Å². The van der Waals surface area contributed by atoms with Crippen LogP contribution < -0.4 is 0 Å². The Bertz CT molecular complexity index is 743. The van der Waals surface area contributed by atoms with Crippen LogP contribution in [-0.4, -0.2) is 41.0 Å². The summed E-state index contributed by atoms with van der Waals surface area (Å²) in [6.45, 7) is 3.12. The maximum atomic E-state index is 11.8. The van der Waals surface area contributed by atoms with E-state index < -0.39 is 9.84 Å². The molecule has 1 aliphatic heterocycles. The molecule has 0 radical (unpaired) electrons.